The molecule has 2 N–H and O–H groups in total. The SMILES string of the molecule is C=C(C)C(=O)N1CCC[C@H]1CN(C)C(CC(C)C)C(N)=O. The lowest BCUT2D eigenvalue weighted by molar-refractivity contribution is -0.128. The topological polar surface area (TPSA) is 66.6 Å². The van der Waals surface area contributed by atoms with Crippen molar-refractivity contribution in [2.75, 3.05) is 20.1 Å². The Morgan fingerprint density at radius 3 is 2.52 bits per heavy atom. The van der Waals surface area contributed by atoms with Crippen LogP contribution in [0.25, 0.3) is 0 Å². The van der Waals surface area contributed by atoms with Gasteiger partial charge in [-0.1, -0.05) is 20.4 Å². The minimum Gasteiger partial charge on any atom is -0.368 e. The normalized spacial score (nSPS) is 20.1. The van der Waals surface area contributed by atoms with Crippen LogP contribution in [0.1, 0.15) is 40.0 Å². The van der Waals surface area contributed by atoms with E-state index >= 15 is 0 Å². The lowest BCUT2D eigenvalue weighted by Gasteiger charge is -2.33. The molecule has 1 rings (SSSR count). The van der Waals surface area contributed by atoms with Crippen LogP contribution in [0.15, 0.2) is 12.2 Å². The number of likely N-dealkylation sites (tertiary alicyclic amines) is 1. The van der Waals surface area contributed by atoms with Crippen LogP contribution in [0.5, 0.6) is 0 Å². The maximum Gasteiger partial charge on any atom is 0.249 e. The van der Waals surface area contributed by atoms with Crippen molar-refractivity contribution in [1.82, 2.24) is 9.80 Å². The third kappa shape index (κ3) is 4.84. The van der Waals surface area contributed by atoms with Crippen molar-refractivity contribution in [3.8, 4) is 0 Å². The molecular formula is C16H29N3O2. The Labute approximate surface area is 128 Å². The van der Waals surface area contributed by atoms with Crippen LogP contribution in [0, 0.1) is 5.92 Å². The summed E-state index contributed by atoms with van der Waals surface area (Å²) in [5.74, 6) is 0.133. The van der Waals surface area contributed by atoms with Gasteiger partial charge in [0.2, 0.25) is 11.8 Å². The van der Waals surface area contributed by atoms with Gasteiger partial charge in [0.05, 0.1) is 6.04 Å². The Morgan fingerprint density at radius 1 is 1.43 bits per heavy atom. The summed E-state index contributed by atoms with van der Waals surface area (Å²) < 4.78 is 0. The van der Waals surface area contributed by atoms with E-state index < -0.39 is 0 Å². The Balaban J connectivity index is 2.71. The number of likely N-dealkylation sites (N-methyl/N-ethyl adjacent to an activating group) is 1. The van der Waals surface area contributed by atoms with Crippen LogP contribution < -0.4 is 5.73 Å². The molecule has 0 spiro atoms. The molecule has 0 bridgehead atoms. The smallest absolute Gasteiger partial charge is 0.249 e. The van der Waals surface area contributed by atoms with E-state index in [4.69, 9.17) is 5.73 Å². The van der Waals surface area contributed by atoms with E-state index in [1.807, 2.05) is 16.8 Å². The van der Waals surface area contributed by atoms with E-state index in [-0.39, 0.29) is 23.9 Å². The molecule has 0 radical (unpaired) electrons. The first-order valence-corrected chi connectivity index (χ1v) is 7.70. The highest BCUT2D eigenvalue weighted by Crippen LogP contribution is 2.21. The Morgan fingerprint density at radius 2 is 2.05 bits per heavy atom. The Bertz CT molecular complexity index is 406. The summed E-state index contributed by atoms with van der Waals surface area (Å²) in [5, 5.41) is 0. The molecule has 1 saturated heterocycles. The van der Waals surface area contributed by atoms with Gasteiger partial charge in [-0.25, -0.2) is 0 Å². The van der Waals surface area contributed by atoms with E-state index in [9.17, 15) is 9.59 Å². The van der Waals surface area contributed by atoms with E-state index in [0.717, 1.165) is 25.8 Å². The molecule has 2 amide bonds. The average Bonchev–Trinajstić information content (AvgIpc) is 2.82. The van der Waals surface area contributed by atoms with Crippen LogP contribution in [-0.2, 0) is 9.59 Å². The molecule has 21 heavy (non-hydrogen) atoms. The fourth-order valence-electron chi connectivity index (χ4n) is 2.96. The van der Waals surface area contributed by atoms with Gasteiger partial charge in [0, 0.05) is 24.7 Å². The molecule has 0 aromatic rings. The largest absolute Gasteiger partial charge is 0.368 e. The summed E-state index contributed by atoms with van der Waals surface area (Å²) >= 11 is 0. The summed E-state index contributed by atoms with van der Waals surface area (Å²) in [4.78, 5) is 27.7. The first-order chi connectivity index (χ1) is 9.73. The fourth-order valence-corrected chi connectivity index (χ4v) is 2.96. The number of carbonyl (C=O) groups excluding carboxylic acids is 2. The van der Waals surface area contributed by atoms with Gasteiger partial charge in [-0.3, -0.25) is 14.5 Å². The first-order valence-electron chi connectivity index (χ1n) is 7.70. The van der Waals surface area contributed by atoms with Crippen LogP contribution in [0.4, 0.5) is 0 Å². The highest BCUT2D eigenvalue weighted by molar-refractivity contribution is 5.92. The number of nitrogens with zero attached hydrogens (tertiary/aromatic N) is 2. The molecule has 1 unspecified atom stereocenters. The van der Waals surface area contributed by atoms with Crippen LogP contribution in [-0.4, -0.2) is 53.8 Å². The minimum absolute atomic E-state index is 0.0189. The summed E-state index contributed by atoms with van der Waals surface area (Å²) in [5.41, 5.74) is 6.10. The van der Waals surface area contributed by atoms with Gasteiger partial charge in [0.25, 0.3) is 0 Å². The monoisotopic (exact) mass is 295 g/mol. The van der Waals surface area contributed by atoms with Gasteiger partial charge in [-0.2, -0.15) is 0 Å². The number of hydrogen-bond donors (Lipinski definition) is 1. The molecule has 2 atom stereocenters. The molecule has 5 nitrogen and oxygen atoms in total. The van der Waals surface area contributed by atoms with E-state index in [2.05, 4.69) is 20.4 Å². The van der Waals surface area contributed by atoms with Gasteiger partial charge in [-0.05, 0) is 39.2 Å². The lowest BCUT2D eigenvalue weighted by Crippen LogP contribution is -2.49. The molecule has 0 aromatic heterocycles. The third-order valence-corrected chi connectivity index (χ3v) is 4.06. The molecule has 1 aliphatic heterocycles. The first kappa shape index (κ1) is 17.7. The molecule has 0 aliphatic carbocycles. The molecule has 1 heterocycles. The van der Waals surface area contributed by atoms with Crippen LogP contribution >= 0.6 is 0 Å². The second-order valence-electron chi connectivity index (χ2n) is 6.56. The second-order valence-corrected chi connectivity index (χ2v) is 6.56. The molecule has 1 fully saturated rings. The number of amides is 2. The maximum absolute atomic E-state index is 12.1. The fraction of sp³-hybridized carbons (Fsp3) is 0.750. The number of nitrogens with two attached hydrogens (primary N) is 1. The molecule has 5 heteroatoms. The van der Waals surface area contributed by atoms with Crippen molar-refractivity contribution in [2.24, 2.45) is 11.7 Å². The Hall–Kier alpha value is -1.36. The van der Waals surface area contributed by atoms with Crippen molar-refractivity contribution in [1.29, 1.82) is 0 Å². The highest BCUT2D eigenvalue weighted by Gasteiger charge is 2.32. The Kier molecular flexibility index (Phi) is 6.40. The predicted molar refractivity (Wildman–Crippen MR) is 84.6 cm³/mol. The van der Waals surface area contributed by atoms with Gasteiger partial charge in [0.15, 0.2) is 0 Å². The summed E-state index contributed by atoms with van der Waals surface area (Å²) in [6.45, 7) is 11.1. The molecule has 0 aromatic carbocycles. The zero-order chi connectivity index (χ0) is 16.2. The zero-order valence-electron chi connectivity index (χ0n) is 13.8. The number of rotatable bonds is 7. The van der Waals surface area contributed by atoms with Gasteiger partial charge >= 0.3 is 0 Å². The lowest BCUT2D eigenvalue weighted by atomic mass is 10.0. The maximum atomic E-state index is 12.1. The number of primary amides is 1. The van der Waals surface area contributed by atoms with Crippen molar-refractivity contribution in [3.63, 3.8) is 0 Å². The standard InChI is InChI=1S/C16H29N3O2/c1-11(2)9-14(15(17)20)18(5)10-13-7-6-8-19(13)16(21)12(3)4/h11,13-14H,3,6-10H2,1-2,4-5H3,(H2,17,20)/t13-,14?/m0/s1. The molecule has 0 saturated carbocycles. The second kappa shape index (κ2) is 7.59. The number of hydrogen-bond acceptors (Lipinski definition) is 3. The third-order valence-electron chi connectivity index (χ3n) is 4.06. The molecule has 120 valence electrons. The van der Waals surface area contributed by atoms with Gasteiger partial charge < -0.3 is 10.6 Å². The van der Waals surface area contributed by atoms with Gasteiger partial charge in [-0.15, -0.1) is 0 Å². The minimum atomic E-state index is -0.290. The van der Waals surface area contributed by atoms with E-state index in [1.54, 1.807) is 6.92 Å². The zero-order valence-corrected chi connectivity index (χ0v) is 13.8. The van der Waals surface area contributed by atoms with Crippen molar-refractivity contribution in [3.05, 3.63) is 12.2 Å². The van der Waals surface area contributed by atoms with Crippen LogP contribution in [0.2, 0.25) is 0 Å². The van der Waals surface area contributed by atoms with Crippen molar-refractivity contribution >= 4 is 11.8 Å². The number of carbonyl (C=O) groups is 2. The summed E-state index contributed by atoms with van der Waals surface area (Å²) in [6, 6.07) is -0.124. The van der Waals surface area contributed by atoms with E-state index in [1.165, 1.54) is 0 Å². The summed E-state index contributed by atoms with van der Waals surface area (Å²) in [7, 11) is 1.92. The summed E-state index contributed by atoms with van der Waals surface area (Å²) in [6.07, 6.45) is 2.71. The quantitative estimate of drug-likeness (QED) is 0.722. The highest BCUT2D eigenvalue weighted by atomic mass is 16.2. The van der Waals surface area contributed by atoms with E-state index in [0.29, 0.717) is 18.0 Å². The van der Waals surface area contributed by atoms with Gasteiger partial charge in [0.1, 0.15) is 0 Å². The molecular weight excluding hydrogens is 266 g/mol. The van der Waals surface area contributed by atoms with Crippen LogP contribution in [0.3, 0.4) is 0 Å². The average molecular weight is 295 g/mol. The predicted octanol–water partition coefficient (Wildman–Crippen LogP) is 1.39. The van der Waals surface area contributed by atoms with Crippen molar-refractivity contribution in [2.45, 2.75) is 52.1 Å². The van der Waals surface area contributed by atoms with Crippen molar-refractivity contribution < 1.29 is 9.59 Å². The molecule has 1 aliphatic rings.